The summed E-state index contributed by atoms with van der Waals surface area (Å²) in [6, 6.07) is 7.91. The summed E-state index contributed by atoms with van der Waals surface area (Å²) in [5.41, 5.74) is 2.93. The third kappa shape index (κ3) is 6.41. The number of hydrogen-bond donors (Lipinski definition) is 2. The van der Waals surface area contributed by atoms with E-state index in [9.17, 15) is 0 Å². The highest BCUT2D eigenvalue weighted by molar-refractivity contribution is 7.99. The molecule has 1 aromatic carbocycles. The highest BCUT2D eigenvalue weighted by Crippen LogP contribution is 2.19. The van der Waals surface area contributed by atoms with Crippen LogP contribution in [-0.2, 0) is 6.54 Å². The maximum Gasteiger partial charge on any atom is 0.191 e. The number of aliphatic imine (C=N–C) groups is 1. The van der Waals surface area contributed by atoms with Crippen molar-refractivity contribution in [1.82, 2.24) is 15.6 Å². The Balaban J connectivity index is 1.77. The van der Waals surface area contributed by atoms with Crippen LogP contribution in [0.2, 0.25) is 5.02 Å². The quantitative estimate of drug-likeness (QED) is 0.336. The van der Waals surface area contributed by atoms with Crippen molar-refractivity contribution in [1.29, 1.82) is 0 Å². The van der Waals surface area contributed by atoms with Gasteiger partial charge >= 0.3 is 0 Å². The van der Waals surface area contributed by atoms with Crippen molar-refractivity contribution in [3.8, 4) is 0 Å². The van der Waals surface area contributed by atoms with Gasteiger partial charge in [-0.3, -0.25) is 0 Å². The Morgan fingerprint density at radius 3 is 2.74 bits per heavy atom. The van der Waals surface area contributed by atoms with Crippen LogP contribution in [0.3, 0.4) is 0 Å². The largest absolute Gasteiger partial charge is 0.357 e. The third-order valence-electron chi connectivity index (χ3n) is 3.05. The van der Waals surface area contributed by atoms with Gasteiger partial charge in [0, 0.05) is 33.6 Å². The Labute approximate surface area is 150 Å². The van der Waals surface area contributed by atoms with Crippen LogP contribution in [-0.4, -0.2) is 29.8 Å². The van der Waals surface area contributed by atoms with Crippen molar-refractivity contribution >= 4 is 40.7 Å². The van der Waals surface area contributed by atoms with E-state index in [1.54, 1.807) is 23.1 Å². The topological polar surface area (TPSA) is 49.3 Å². The Morgan fingerprint density at radius 2 is 2.09 bits per heavy atom. The molecule has 2 rings (SSSR count). The van der Waals surface area contributed by atoms with Gasteiger partial charge in [0.2, 0.25) is 0 Å². The number of benzene rings is 1. The van der Waals surface area contributed by atoms with Gasteiger partial charge < -0.3 is 10.6 Å². The van der Waals surface area contributed by atoms with E-state index >= 15 is 0 Å². The van der Waals surface area contributed by atoms with E-state index in [4.69, 9.17) is 11.6 Å². The molecule has 0 bridgehead atoms. The lowest BCUT2D eigenvalue weighted by Gasteiger charge is -2.11. The van der Waals surface area contributed by atoms with E-state index in [1.165, 1.54) is 9.77 Å². The molecule has 0 atom stereocenters. The smallest absolute Gasteiger partial charge is 0.191 e. The second-order valence-electron chi connectivity index (χ2n) is 4.79. The summed E-state index contributed by atoms with van der Waals surface area (Å²) >= 11 is 9.33. The van der Waals surface area contributed by atoms with Gasteiger partial charge in [-0.25, -0.2) is 9.98 Å². The molecular weight excluding hydrogens is 348 g/mol. The second-order valence-corrected chi connectivity index (χ2v) is 7.33. The monoisotopic (exact) mass is 368 g/mol. The molecule has 0 amide bonds. The van der Waals surface area contributed by atoms with E-state index < -0.39 is 0 Å². The zero-order valence-electron chi connectivity index (χ0n) is 13.3. The molecule has 0 saturated heterocycles. The minimum atomic E-state index is 0.663. The first kappa shape index (κ1) is 18.1. The number of aromatic nitrogens is 1. The Bertz CT molecular complexity index is 625. The molecule has 2 N–H and O–H groups in total. The average Bonchev–Trinajstić information content (AvgIpc) is 2.96. The molecule has 0 aliphatic carbocycles. The number of guanidine groups is 1. The summed E-state index contributed by atoms with van der Waals surface area (Å²) in [7, 11) is 0. The summed E-state index contributed by atoms with van der Waals surface area (Å²) < 4.78 is 0. The highest BCUT2D eigenvalue weighted by atomic mass is 35.5. The number of nitrogens with one attached hydrogen (secondary N) is 2. The summed E-state index contributed by atoms with van der Waals surface area (Å²) in [5, 5.41) is 7.40. The van der Waals surface area contributed by atoms with Crippen LogP contribution < -0.4 is 10.6 Å². The third-order valence-corrected chi connectivity index (χ3v) is 5.23. The summed E-state index contributed by atoms with van der Waals surface area (Å²) in [6.45, 7) is 6.44. The molecule has 1 aromatic heterocycles. The van der Waals surface area contributed by atoms with Gasteiger partial charge in [-0.05, 0) is 38.1 Å². The lowest BCUT2D eigenvalue weighted by Crippen LogP contribution is -2.38. The number of halogens is 1. The number of rotatable bonds is 7. The summed E-state index contributed by atoms with van der Waals surface area (Å²) in [6.07, 6.45) is 0. The first-order valence-corrected chi connectivity index (χ1v) is 9.73. The van der Waals surface area contributed by atoms with Crippen molar-refractivity contribution in [2.45, 2.75) is 25.3 Å². The number of aryl methyl sites for hydroxylation is 1. The van der Waals surface area contributed by atoms with Gasteiger partial charge in [0.15, 0.2) is 5.96 Å². The van der Waals surface area contributed by atoms with Crippen molar-refractivity contribution < 1.29 is 0 Å². The van der Waals surface area contributed by atoms with Gasteiger partial charge in [0.1, 0.15) is 0 Å². The molecule has 0 fully saturated rings. The predicted octanol–water partition coefficient (Wildman–Crippen LogP) is 3.95. The lowest BCUT2D eigenvalue weighted by molar-refractivity contribution is 0.843. The summed E-state index contributed by atoms with van der Waals surface area (Å²) in [5.74, 6) is 1.81. The normalized spacial score (nSPS) is 11.5. The average molecular weight is 369 g/mol. The number of nitrogens with zero attached hydrogens (tertiary/aromatic N) is 2. The minimum absolute atomic E-state index is 0.663. The van der Waals surface area contributed by atoms with E-state index in [-0.39, 0.29) is 0 Å². The van der Waals surface area contributed by atoms with Gasteiger partial charge in [-0.15, -0.1) is 23.1 Å². The zero-order chi connectivity index (χ0) is 16.5. The van der Waals surface area contributed by atoms with Crippen LogP contribution in [0.5, 0.6) is 0 Å². The van der Waals surface area contributed by atoms with Crippen LogP contribution in [0, 0.1) is 6.92 Å². The van der Waals surface area contributed by atoms with E-state index in [0.29, 0.717) is 6.54 Å². The van der Waals surface area contributed by atoms with E-state index in [2.05, 4.69) is 27.5 Å². The van der Waals surface area contributed by atoms with Crippen LogP contribution in [0.4, 0.5) is 0 Å². The van der Waals surface area contributed by atoms with Gasteiger partial charge in [0.25, 0.3) is 0 Å². The molecule has 4 nitrogen and oxygen atoms in total. The Hall–Kier alpha value is -1.24. The van der Waals surface area contributed by atoms with Crippen molar-refractivity contribution in [3.05, 3.63) is 45.4 Å². The molecule has 0 saturated carbocycles. The number of hydrogen-bond acceptors (Lipinski definition) is 4. The number of thiazole rings is 1. The first-order chi connectivity index (χ1) is 11.2. The predicted molar refractivity (Wildman–Crippen MR) is 102 cm³/mol. The molecule has 124 valence electrons. The van der Waals surface area contributed by atoms with Gasteiger partial charge in [0.05, 0.1) is 17.7 Å². The molecule has 0 radical (unpaired) electrons. The summed E-state index contributed by atoms with van der Waals surface area (Å²) in [4.78, 5) is 11.3. The molecule has 0 aliphatic heterocycles. The Morgan fingerprint density at radius 1 is 1.30 bits per heavy atom. The fourth-order valence-electron chi connectivity index (χ4n) is 1.84. The zero-order valence-corrected chi connectivity index (χ0v) is 15.7. The van der Waals surface area contributed by atoms with Crippen LogP contribution in [0.15, 0.2) is 39.7 Å². The van der Waals surface area contributed by atoms with E-state index in [1.807, 2.05) is 36.7 Å². The van der Waals surface area contributed by atoms with Gasteiger partial charge in [-0.1, -0.05) is 11.6 Å². The van der Waals surface area contributed by atoms with Crippen LogP contribution >= 0.6 is 34.7 Å². The molecular formula is C16H21ClN4S2. The molecule has 0 unspecified atom stereocenters. The molecule has 23 heavy (non-hydrogen) atoms. The first-order valence-electron chi connectivity index (χ1n) is 7.48. The fraction of sp³-hybridized carbons (Fsp3) is 0.375. The van der Waals surface area contributed by atoms with Crippen molar-refractivity contribution in [3.63, 3.8) is 0 Å². The number of thioether (sulfide) groups is 1. The standard InChI is InChI=1S/C16H21ClN4S2/c1-3-18-16(20-10-15-12(2)21-11-23-15)19-8-9-22-14-6-4-13(17)5-7-14/h4-7,11H,3,8-10H2,1-2H3,(H2,18,19,20). The molecule has 0 spiro atoms. The minimum Gasteiger partial charge on any atom is -0.357 e. The lowest BCUT2D eigenvalue weighted by atomic mass is 10.4. The maximum atomic E-state index is 5.89. The molecule has 1 heterocycles. The van der Waals surface area contributed by atoms with Crippen LogP contribution in [0.1, 0.15) is 17.5 Å². The SMILES string of the molecule is CCNC(=NCc1scnc1C)NCCSc1ccc(Cl)cc1. The van der Waals surface area contributed by atoms with Crippen molar-refractivity contribution in [2.75, 3.05) is 18.8 Å². The molecule has 2 aromatic rings. The maximum absolute atomic E-state index is 5.89. The fourth-order valence-corrected chi connectivity index (χ4v) is 3.43. The highest BCUT2D eigenvalue weighted by Gasteiger charge is 2.02. The molecule has 7 heteroatoms. The van der Waals surface area contributed by atoms with Crippen LogP contribution in [0.25, 0.3) is 0 Å². The van der Waals surface area contributed by atoms with Gasteiger partial charge in [-0.2, -0.15) is 0 Å². The second kappa shape index (κ2) is 9.80. The Kier molecular flexibility index (Phi) is 7.71. The molecule has 0 aliphatic rings. The van der Waals surface area contributed by atoms with E-state index in [0.717, 1.165) is 35.5 Å². The van der Waals surface area contributed by atoms with Crippen molar-refractivity contribution in [2.24, 2.45) is 4.99 Å².